The molecule has 0 unspecified atom stereocenters. The van der Waals surface area contributed by atoms with Crippen LogP contribution in [-0.2, 0) is 23.4 Å². The van der Waals surface area contributed by atoms with Crippen LogP contribution >= 0.6 is 23.1 Å². The first kappa shape index (κ1) is 19.2. The number of amides is 1. The predicted molar refractivity (Wildman–Crippen MR) is 117 cm³/mol. The molecule has 1 aliphatic rings. The SMILES string of the molecule is CN(C)C(=O)CNc1nc(CSc2ccccc2)nc2sc3c(c12)CCCC3. The van der Waals surface area contributed by atoms with E-state index in [-0.39, 0.29) is 12.5 Å². The van der Waals surface area contributed by atoms with Crippen LogP contribution in [0.2, 0.25) is 0 Å². The molecule has 0 saturated heterocycles. The zero-order valence-electron chi connectivity index (χ0n) is 16.2. The zero-order valence-corrected chi connectivity index (χ0v) is 17.8. The number of nitrogens with one attached hydrogen (secondary N) is 1. The lowest BCUT2D eigenvalue weighted by Crippen LogP contribution is -2.29. The van der Waals surface area contributed by atoms with E-state index in [0.29, 0.717) is 5.75 Å². The van der Waals surface area contributed by atoms with Crippen molar-refractivity contribution >= 4 is 45.0 Å². The average Bonchev–Trinajstić information content (AvgIpc) is 3.09. The Morgan fingerprint density at radius 1 is 1.18 bits per heavy atom. The maximum atomic E-state index is 12.1. The minimum Gasteiger partial charge on any atom is -0.360 e. The summed E-state index contributed by atoms with van der Waals surface area (Å²) in [6.45, 7) is 0.245. The summed E-state index contributed by atoms with van der Waals surface area (Å²) in [6, 6.07) is 10.3. The zero-order chi connectivity index (χ0) is 19.5. The molecule has 1 aromatic carbocycles. The molecule has 3 aromatic rings. The number of carbonyl (C=O) groups is 1. The van der Waals surface area contributed by atoms with Gasteiger partial charge in [-0.1, -0.05) is 18.2 Å². The molecule has 2 heterocycles. The highest BCUT2D eigenvalue weighted by Crippen LogP contribution is 2.39. The van der Waals surface area contributed by atoms with Gasteiger partial charge in [0.05, 0.1) is 17.7 Å². The van der Waals surface area contributed by atoms with Gasteiger partial charge in [0.25, 0.3) is 0 Å². The van der Waals surface area contributed by atoms with Crippen LogP contribution in [0.5, 0.6) is 0 Å². The number of fused-ring (bicyclic) bond motifs is 3. The summed E-state index contributed by atoms with van der Waals surface area (Å²) in [4.78, 5) is 27.1. The number of nitrogens with zero attached hydrogens (tertiary/aromatic N) is 3. The normalized spacial score (nSPS) is 13.4. The lowest BCUT2D eigenvalue weighted by molar-refractivity contribution is -0.126. The van der Waals surface area contributed by atoms with Crippen molar-refractivity contribution in [3.8, 4) is 0 Å². The Hall–Kier alpha value is -2.12. The summed E-state index contributed by atoms with van der Waals surface area (Å²) < 4.78 is 0. The number of thiophene rings is 1. The quantitative estimate of drug-likeness (QED) is 0.610. The molecule has 0 fully saturated rings. The van der Waals surface area contributed by atoms with E-state index in [9.17, 15) is 4.79 Å². The third kappa shape index (κ3) is 4.15. The van der Waals surface area contributed by atoms with Crippen molar-refractivity contribution in [2.24, 2.45) is 0 Å². The van der Waals surface area contributed by atoms with Gasteiger partial charge < -0.3 is 10.2 Å². The molecule has 2 aromatic heterocycles. The molecular weight excluding hydrogens is 388 g/mol. The van der Waals surface area contributed by atoms with Gasteiger partial charge in [0.15, 0.2) is 0 Å². The van der Waals surface area contributed by atoms with Gasteiger partial charge in [-0.3, -0.25) is 4.79 Å². The Morgan fingerprint density at radius 2 is 1.96 bits per heavy atom. The molecule has 0 bridgehead atoms. The first-order valence-corrected chi connectivity index (χ1v) is 11.3. The molecule has 0 saturated carbocycles. The third-order valence-electron chi connectivity index (χ3n) is 4.88. The third-order valence-corrected chi connectivity index (χ3v) is 7.07. The van der Waals surface area contributed by atoms with Crippen molar-refractivity contribution in [3.63, 3.8) is 0 Å². The van der Waals surface area contributed by atoms with Gasteiger partial charge in [0.2, 0.25) is 5.91 Å². The first-order chi connectivity index (χ1) is 13.6. The molecule has 4 rings (SSSR count). The Labute approximate surface area is 173 Å². The molecule has 7 heteroatoms. The van der Waals surface area contributed by atoms with Crippen molar-refractivity contribution in [2.75, 3.05) is 26.0 Å². The van der Waals surface area contributed by atoms with Crippen LogP contribution in [-0.4, -0.2) is 41.4 Å². The standard InChI is InChI=1S/C21H24N4OS2/c1-25(2)18(26)12-22-20-19-15-10-6-7-11-16(15)28-21(19)24-17(23-20)13-27-14-8-4-3-5-9-14/h3-5,8-9H,6-7,10-13H2,1-2H3,(H,22,23,24). The fourth-order valence-electron chi connectivity index (χ4n) is 3.38. The highest BCUT2D eigenvalue weighted by molar-refractivity contribution is 7.98. The van der Waals surface area contributed by atoms with Crippen LogP contribution in [0.3, 0.4) is 0 Å². The highest BCUT2D eigenvalue weighted by atomic mass is 32.2. The van der Waals surface area contributed by atoms with Gasteiger partial charge >= 0.3 is 0 Å². The second-order valence-electron chi connectivity index (χ2n) is 7.12. The largest absolute Gasteiger partial charge is 0.360 e. The summed E-state index contributed by atoms with van der Waals surface area (Å²) in [7, 11) is 3.54. The number of hydrogen-bond donors (Lipinski definition) is 1. The fourth-order valence-corrected chi connectivity index (χ4v) is 5.43. The summed E-state index contributed by atoms with van der Waals surface area (Å²) in [6.07, 6.45) is 4.65. The van der Waals surface area contributed by atoms with E-state index in [1.165, 1.54) is 28.2 Å². The summed E-state index contributed by atoms with van der Waals surface area (Å²) >= 11 is 3.53. The molecule has 1 N–H and O–H groups in total. The Kier molecular flexibility index (Phi) is 5.82. The molecule has 0 aliphatic heterocycles. The van der Waals surface area contributed by atoms with Crippen molar-refractivity contribution in [1.82, 2.24) is 14.9 Å². The summed E-state index contributed by atoms with van der Waals surface area (Å²) in [5.74, 6) is 2.36. The molecule has 0 atom stereocenters. The number of likely N-dealkylation sites (N-methyl/N-ethyl adjacent to an activating group) is 1. The van der Waals surface area contributed by atoms with Crippen LogP contribution in [0.15, 0.2) is 35.2 Å². The van der Waals surface area contributed by atoms with Gasteiger partial charge in [-0.15, -0.1) is 23.1 Å². The maximum absolute atomic E-state index is 12.1. The Bertz CT molecular complexity index is 985. The number of aryl methyl sites for hydroxylation is 2. The topological polar surface area (TPSA) is 58.1 Å². The Balaban J connectivity index is 1.66. The van der Waals surface area contributed by atoms with Gasteiger partial charge in [0.1, 0.15) is 16.5 Å². The van der Waals surface area contributed by atoms with Crippen LogP contribution in [0, 0.1) is 0 Å². The number of hydrogen-bond acceptors (Lipinski definition) is 6. The molecule has 0 radical (unpaired) electrons. The van der Waals surface area contributed by atoms with Gasteiger partial charge in [0, 0.05) is 23.9 Å². The minimum atomic E-state index is 0.0380. The number of anilines is 1. The number of rotatable bonds is 6. The number of thioether (sulfide) groups is 1. The van der Waals surface area contributed by atoms with Gasteiger partial charge in [-0.05, 0) is 43.4 Å². The van der Waals surface area contributed by atoms with E-state index in [0.717, 1.165) is 34.7 Å². The average molecular weight is 413 g/mol. The first-order valence-electron chi connectivity index (χ1n) is 9.55. The van der Waals surface area contributed by atoms with Crippen LogP contribution in [0.1, 0.15) is 29.1 Å². The molecule has 28 heavy (non-hydrogen) atoms. The lowest BCUT2D eigenvalue weighted by atomic mass is 9.97. The monoisotopic (exact) mass is 412 g/mol. The van der Waals surface area contributed by atoms with Crippen molar-refractivity contribution in [2.45, 2.75) is 36.3 Å². The van der Waals surface area contributed by atoms with E-state index < -0.39 is 0 Å². The Morgan fingerprint density at radius 3 is 2.75 bits per heavy atom. The van der Waals surface area contributed by atoms with Gasteiger partial charge in [-0.2, -0.15) is 0 Å². The molecular formula is C21H24N4OS2. The van der Waals surface area contributed by atoms with Gasteiger partial charge in [-0.25, -0.2) is 9.97 Å². The van der Waals surface area contributed by atoms with Crippen molar-refractivity contribution < 1.29 is 4.79 Å². The molecule has 1 amide bonds. The summed E-state index contributed by atoms with van der Waals surface area (Å²) in [5, 5.41) is 4.42. The second kappa shape index (κ2) is 8.49. The molecule has 5 nitrogen and oxygen atoms in total. The van der Waals surface area contributed by atoms with Crippen molar-refractivity contribution in [3.05, 3.63) is 46.6 Å². The molecule has 1 aliphatic carbocycles. The van der Waals surface area contributed by atoms with E-state index in [4.69, 9.17) is 9.97 Å². The smallest absolute Gasteiger partial charge is 0.241 e. The number of benzene rings is 1. The minimum absolute atomic E-state index is 0.0380. The maximum Gasteiger partial charge on any atom is 0.241 e. The number of carbonyl (C=O) groups excluding carboxylic acids is 1. The number of aromatic nitrogens is 2. The van der Waals surface area contributed by atoms with E-state index >= 15 is 0 Å². The van der Waals surface area contributed by atoms with E-state index in [2.05, 4.69) is 17.4 Å². The van der Waals surface area contributed by atoms with Crippen LogP contribution in [0.25, 0.3) is 10.2 Å². The molecule has 146 valence electrons. The predicted octanol–water partition coefficient (Wildman–Crippen LogP) is 4.36. The van der Waals surface area contributed by atoms with Crippen LogP contribution in [0.4, 0.5) is 5.82 Å². The van der Waals surface area contributed by atoms with E-state index in [1.807, 2.05) is 18.2 Å². The van der Waals surface area contributed by atoms with Crippen molar-refractivity contribution in [1.29, 1.82) is 0 Å². The van der Waals surface area contributed by atoms with Crippen LogP contribution < -0.4 is 5.32 Å². The fraction of sp³-hybridized carbons (Fsp3) is 0.381. The highest BCUT2D eigenvalue weighted by Gasteiger charge is 2.21. The lowest BCUT2D eigenvalue weighted by Gasteiger charge is -2.15. The summed E-state index contributed by atoms with van der Waals surface area (Å²) in [5.41, 5.74) is 1.38. The molecule has 0 spiro atoms. The van der Waals surface area contributed by atoms with E-state index in [1.54, 1.807) is 42.1 Å². The second-order valence-corrected chi connectivity index (χ2v) is 9.26.